The van der Waals surface area contributed by atoms with Crippen molar-refractivity contribution in [2.45, 2.75) is 6.92 Å². The largest absolute Gasteiger partial charge is 0.370 e. The summed E-state index contributed by atoms with van der Waals surface area (Å²) in [7, 11) is 0. The van der Waals surface area contributed by atoms with Crippen molar-refractivity contribution < 1.29 is 0 Å². The third-order valence-electron chi connectivity index (χ3n) is 3.90. The minimum Gasteiger partial charge on any atom is -0.370 e. The SMILES string of the molecule is CC(=N)/C=C\C(=N)n1cc(-c2ccc(N3CCSCC3)cc2)cn1. The van der Waals surface area contributed by atoms with Crippen molar-refractivity contribution in [3.8, 4) is 11.1 Å². The second-order valence-corrected chi connectivity index (χ2v) is 6.95. The number of rotatable bonds is 4. The van der Waals surface area contributed by atoms with E-state index in [0.717, 1.165) is 24.2 Å². The van der Waals surface area contributed by atoms with Gasteiger partial charge in [-0.15, -0.1) is 0 Å². The molecular weight excluding hydrogens is 318 g/mol. The Morgan fingerprint density at radius 3 is 2.46 bits per heavy atom. The van der Waals surface area contributed by atoms with E-state index in [-0.39, 0.29) is 5.84 Å². The zero-order valence-electron chi connectivity index (χ0n) is 13.7. The summed E-state index contributed by atoms with van der Waals surface area (Å²) in [5.74, 6) is 2.63. The van der Waals surface area contributed by atoms with Crippen molar-refractivity contribution in [1.82, 2.24) is 9.78 Å². The van der Waals surface area contributed by atoms with Crippen LogP contribution in [0.1, 0.15) is 6.92 Å². The standard InChI is InChI=1S/C18H21N5S/c1-14(19)2-7-18(20)23-13-16(12-21-23)15-3-5-17(6-4-15)22-8-10-24-11-9-22/h2-7,12-13,19-20H,8-11H2,1H3/b7-2-,19-14?,20-18?. The first-order valence-corrected chi connectivity index (χ1v) is 9.09. The molecule has 2 heterocycles. The summed E-state index contributed by atoms with van der Waals surface area (Å²) < 4.78 is 1.52. The summed E-state index contributed by atoms with van der Waals surface area (Å²) in [5, 5.41) is 19.6. The van der Waals surface area contributed by atoms with Crippen LogP contribution in [0.25, 0.3) is 11.1 Å². The van der Waals surface area contributed by atoms with E-state index in [2.05, 4.69) is 34.3 Å². The maximum absolute atomic E-state index is 7.98. The molecule has 0 atom stereocenters. The van der Waals surface area contributed by atoms with Crippen LogP contribution in [0.5, 0.6) is 0 Å². The van der Waals surface area contributed by atoms with Gasteiger partial charge in [0.05, 0.1) is 6.20 Å². The number of hydrogen-bond acceptors (Lipinski definition) is 5. The van der Waals surface area contributed by atoms with Gasteiger partial charge in [0.25, 0.3) is 0 Å². The summed E-state index contributed by atoms with van der Waals surface area (Å²) in [6, 6.07) is 8.54. The summed E-state index contributed by atoms with van der Waals surface area (Å²) in [5.41, 5.74) is 3.76. The van der Waals surface area contributed by atoms with E-state index in [9.17, 15) is 0 Å². The molecule has 0 aliphatic carbocycles. The third-order valence-corrected chi connectivity index (χ3v) is 4.84. The number of thioether (sulfide) groups is 1. The van der Waals surface area contributed by atoms with Gasteiger partial charge >= 0.3 is 0 Å². The molecule has 3 rings (SSSR count). The summed E-state index contributed by atoms with van der Waals surface area (Å²) in [6.07, 6.45) is 6.79. The molecule has 0 saturated carbocycles. The number of anilines is 1. The maximum Gasteiger partial charge on any atom is 0.145 e. The van der Waals surface area contributed by atoms with Gasteiger partial charge in [-0.2, -0.15) is 16.9 Å². The first kappa shape index (κ1) is 16.5. The van der Waals surface area contributed by atoms with Gasteiger partial charge in [0.1, 0.15) is 5.84 Å². The average Bonchev–Trinajstić information content (AvgIpc) is 3.11. The Morgan fingerprint density at radius 1 is 1.08 bits per heavy atom. The van der Waals surface area contributed by atoms with Crippen LogP contribution in [0.15, 0.2) is 48.8 Å². The quantitative estimate of drug-likeness (QED) is 0.661. The molecule has 0 bridgehead atoms. The highest BCUT2D eigenvalue weighted by Gasteiger charge is 2.11. The van der Waals surface area contributed by atoms with E-state index in [0.29, 0.717) is 5.71 Å². The minimum absolute atomic E-state index is 0.246. The van der Waals surface area contributed by atoms with Crippen molar-refractivity contribution in [1.29, 1.82) is 10.8 Å². The second-order valence-electron chi connectivity index (χ2n) is 5.72. The van der Waals surface area contributed by atoms with Crippen LogP contribution >= 0.6 is 11.8 Å². The first-order chi connectivity index (χ1) is 11.6. The topological polar surface area (TPSA) is 68.8 Å². The molecule has 1 aliphatic rings. The number of aromatic nitrogens is 2. The van der Waals surface area contributed by atoms with Gasteiger partial charge in [0, 0.05) is 47.8 Å². The van der Waals surface area contributed by atoms with E-state index < -0.39 is 0 Å². The molecule has 124 valence electrons. The molecule has 1 saturated heterocycles. The number of nitrogens with one attached hydrogen (secondary N) is 2. The summed E-state index contributed by atoms with van der Waals surface area (Å²) in [6.45, 7) is 3.90. The Hall–Kier alpha value is -2.34. The van der Waals surface area contributed by atoms with Crippen LogP contribution < -0.4 is 4.90 Å². The molecule has 6 heteroatoms. The van der Waals surface area contributed by atoms with E-state index in [1.54, 1.807) is 25.3 Å². The Balaban J connectivity index is 1.73. The Kier molecular flexibility index (Phi) is 5.15. The van der Waals surface area contributed by atoms with Crippen LogP contribution in [0.3, 0.4) is 0 Å². The van der Waals surface area contributed by atoms with Gasteiger partial charge in [-0.05, 0) is 36.8 Å². The van der Waals surface area contributed by atoms with Crippen molar-refractivity contribution in [3.05, 3.63) is 48.8 Å². The number of allylic oxidation sites excluding steroid dienone is 2. The van der Waals surface area contributed by atoms with Crippen molar-refractivity contribution in [3.63, 3.8) is 0 Å². The number of nitrogens with zero attached hydrogens (tertiary/aromatic N) is 3. The van der Waals surface area contributed by atoms with Crippen molar-refractivity contribution >= 4 is 29.0 Å². The highest BCUT2D eigenvalue weighted by molar-refractivity contribution is 7.99. The lowest BCUT2D eigenvalue weighted by Gasteiger charge is -2.28. The Bertz CT molecular complexity index is 754. The Morgan fingerprint density at radius 2 is 1.79 bits per heavy atom. The van der Waals surface area contributed by atoms with E-state index in [4.69, 9.17) is 10.8 Å². The van der Waals surface area contributed by atoms with Gasteiger partial charge < -0.3 is 10.3 Å². The van der Waals surface area contributed by atoms with E-state index in [1.807, 2.05) is 18.0 Å². The van der Waals surface area contributed by atoms with Gasteiger partial charge in [-0.1, -0.05) is 12.1 Å². The molecule has 5 nitrogen and oxygen atoms in total. The van der Waals surface area contributed by atoms with Crippen molar-refractivity contribution in [2.75, 3.05) is 29.5 Å². The highest BCUT2D eigenvalue weighted by atomic mass is 32.2. The molecule has 2 aromatic rings. The number of benzene rings is 1. The molecule has 2 N–H and O–H groups in total. The zero-order chi connectivity index (χ0) is 16.9. The molecule has 0 radical (unpaired) electrons. The van der Waals surface area contributed by atoms with Crippen LogP contribution in [0.4, 0.5) is 5.69 Å². The third kappa shape index (κ3) is 3.94. The van der Waals surface area contributed by atoms with Crippen LogP contribution in [0, 0.1) is 10.8 Å². The summed E-state index contributed by atoms with van der Waals surface area (Å²) in [4.78, 5) is 2.42. The van der Waals surface area contributed by atoms with Gasteiger partial charge in [0.2, 0.25) is 0 Å². The Labute approximate surface area is 146 Å². The van der Waals surface area contributed by atoms with E-state index >= 15 is 0 Å². The predicted octanol–water partition coefficient (Wildman–Crippen LogP) is 3.52. The van der Waals surface area contributed by atoms with Crippen LogP contribution in [-0.4, -0.2) is 45.9 Å². The molecular formula is C18H21N5S. The average molecular weight is 339 g/mol. The van der Waals surface area contributed by atoms with Crippen LogP contribution in [-0.2, 0) is 0 Å². The van der Waals surface area contributed by atoms with E-state index in [1.165, 1.54) is 21.9 Å². The fourth-order valence-corrected chi connectivity index (χ4v) is 3.47. The second kappa shape index (κ2) is 7.49. The number of hydrogen-bond donors (Lipinski definition) is 2. The van der Waals surface area contributed by atoms with Crippen LogP contribution in [0.2, 0.25) is 0 Å². The molecule has 1 aromatic carbocycles. The molecule has 1 aromatic heterocycles. The highest BCUT2D eigenvalue weighted by Crippen LogP contribution is 2.24. The molecule has 1 aliphatic heterocycles. The molecule has 24 heavy (non-hydrogen) atoms. The lowest BCUT2D eigenvalue weighted by molar-refractivity contribution is 0.859. The minimum atomic E-state index is 0.246. The van der Waals surface area contributed by atoms with Gasteiger partial charge in [-0.25, -0.2) is 4.68 Å². The fourth-order valence-electron chi connectivity index (χ4n) is 2.57. The first-order valence-electron chi connectivity index (χ1n) is 7.93. The molecule has 1 fully saturated rings. The normalized spacial score (nSPS) is 15.0. The molecule has 0 spiro atoms. The lowest BCUT2D eigenvalue weighted by atomic mass is 10.1. The molecule has 0 amide bonds. The predicted molar refractivity (Wildman–Crippen MR) is 103 cm³/mol. The maximum atomic E-state index is 7.98. The summed E-state index contributed by atoms with van der Waals surface area (Å²) >= 11 is 2.01. The van der Waals surface area contributed by atoms with Crippen molar-refractivity contribution in [2.24, 2.45) is 0 Å². The van der Waals surface area contributed by atoms with Gasteiger partial charge in [-0.3, -0.25) is 5.41 Å². The molecule has 0 unspecified atom stereocenters. The zero-order valence-corrected chi connectivity index (χ0v) is 14.5. The smallest absolute Gasteiger partial charge is 0.145 e. The monoisotopic (exact) mass is 339 g/mol. The lowest BCUT2D eigenvalue weighted by Crippen LogP contribution is -2.32. The van der Waals surface area contributed by atoms with Gasteiger partial charge in [0.15, 0.2) is 0 Å². The fraction of sp³-hybridized carbons (Fsp3) is 0.278.